The first-order chi connectivity index (χ1) is 6.53. The van der Waals surface area contributed by atoms with Gasteiger partial charge in [0.05, 0.1) is 12.5 Å². The molecule has 0 bridgehead atoms. The molecule has 74 valence electrons. The molecule has 1 aromatic rings. The molecular weight excluding hydrogens is 190 g/mol. The summed E-state index contributed by atoms with van der Waals surface area (Å²) in [7, 11) is -1.57. The van der Waals surface area contributed by atoms with Gasteiger partial charge in [-0.2, -0.15) is 5.26 Å². The van der Waals surface area contributed by atoms with Gasteiger partial charge in [-0.25, -0.2) is 0 Å². The Morgan fingerprint density at radius 3 is 2.50 bits per heavy atom. The number of para-hydroxylation sites is 1. The number of nitriles is 1. The van der Waals surface area contributed by atoms with Gasteiger partial charge >= 0.3 is 0 Å². The Bertz CT molecular complexity index is 349. The van der Waals surface area contributed by atoms with Crippen LogP contribution in [-0.4, -0.2) is 8.32 Å². The van der Waals surface area contributed by atoms with Gasteiger partial charge in [-0.1, -0.05) is 18.2 Å². The minimum Gasteiger partial charge on any atom is -0.544 e. The van der Waals surface area contributed by atoms with Crippen LogP contribution in [0.4, 0.5) is 0 Å². The first-order valence-electron chi connectivity index (χ1n) is 4.67. The van der Waals surface area contributed by atoms with Crippen molar-refractivity contribution >= 4 is 8.32 Å². The van der Waals surface area contributed by atoms with Crippen LogP contribution in [0.1, 0.15) is 5.56 Å². The molecule has 1 aromatic carbocycles. The van der Waals surface area contributed by atoms with Gasteiger partial charge in [-0.05, 0) is 25.7 Å². The molecule has 1 rings (SSSR count). The fraction of sp³-hybridized carbons (Fsp3) is 0.364. The van der Waals surface area contributed by atoms with Crippen LogP contribution in [-0.2, 0) is 6.42 Å². The van der Waals surface area contributed by atoms with Crippen molar-refractivity contribution in [3.63, 3.8) is 0 Å². The summed E-state index contributed by atoms with van der Waals surface area (Å²) < 4.78 is 5.87. The van der Waals surface area contributed by atoms with E-state index in [-0.39, 0.29) is 0 Å². The molecule has 0 aromatic heterocycles. The summed E-state index contributed by atoms with van der Waals surface area (Å²) in [5.41, 5.74) is 0.984. The van der Waals surface area contributed by atoms with Gasteiger partial charge < -0.3 is 4.43 Å². The summed E-state index contributed by atoms with van der Waals surface area (Å²) in [6.07, 6.45) is 0.417. The van der Waals surface area contributed by atoms with Crippen LogP contribution in [0.5, 0.6) is 5.75 Å². The van der Waals surface area contributed by atoms with Gasteiger partial charge in [0.15, 0.2) is 0 Å². The quantitative estimate of drug-likeness (QED) is 0.711. The lowest BCUT2D eigenvalue weighted by Crippen LogP contribution is -2.29. The number of hydrogen-bond acceptors (Lipinski definition) is 2. The van der Waals surface area contributed by atoms with Crippen LogP contribution in [0.25, 0.3) is 0 Å². The Balaban J connectivity index is 2.91. The first-order valence-corrected chi connectivity index (χ1v) is 8.07. The molecule has 14 heavy (non-hydrogen) atoms. The lowest BCUT2D eigenvalue weighted by Gasteiger charge is -2.20. The minimum absolute atomic E-state index is 0.417. The van der Waals surface area contributed by atoms with Crippen molar-refractivity contribution in [2.45, 2.75) is 26.1 Å². The second kappa shape index (κ2) is 4.29. The molecular formula is C11H15NOSi. The lowest BCUT2D eigenvalue weighted by molar-refractivity contribution is 0.551. The van der Waals surface area contributed by atoms with Crippen LogP contribution < -0.4 is 4.43 Å². The Morgan fingerprint density at radius 2 is 1.93 bits per heavy atom. The Kier molecular flexibility index (Phi) is 3.31. The lowest BCUT2D eigenvalue weighted by atomic mass is 10.1. The van der Waals surface area contributed by atoms with E-state index in [4.69, 9.17) is 9.69 Å². The Labute approximate surface area is 86.3 Å². The second-order valence-corrected chi connectivity index (χ2v) is 8.59. The molecule has 0 saturated carbocycles. The molecule has 0 saturated heterocycles. The molecule has 0 atom stereocenters. The fourth-order valence-corrected chi connectivity index (χ4v) is 2.02. The normalized spacial score (nSPS) is 10.7. The third-order valence-corrected chi connectivity index (χ3v) is 2.49. The first kappa shape index (κ1) is 10.8. The van der Waals surface area contributed by atoms with Gasteiger partial charge in [0.1, 0.15) is 5.75 Å². The minimum atomic E-state index is -1.57. The molecule has 3 heteroatoms. The second-order valence-electron chi connectivity index (χ2n) is 4.16. The van der Waals surface area contributed by atoms with Gasteiger partial charge in [0, 0.05) is 5.56 Å². The molecule has 0 aliphatic rings. The predicted molar refractivity (Wildman–Crippen MR) is 59.7 cm³/mol. The van der Waals surface area contributed by atoms with Crippen LogP contribution in [0.15, 0.2) is 24.3 Å². The van der Waals surface area contributed by atoms with E-state index < -0.39 is 8.32 Å². The average molecular weight is 205 g/mol. The number of nitrogens with zero attached hydrogens (tertiary/aromatic N) is 1. The van der Waals surface area contributed by atoms with Crippen LogP contribution in [0.2, 0.25) is 19.6 Å². The van der Waals surface area contributed by atoms with Crippen molar-refractivity contribution in [1.82, 2.24) is 0 Å². The highest BCUT2D eigenvalue weighted by molar-refractivity contribution is 6.70. The molecule has 0 aliphatic heterocycles. The van der Waals surface area contributed by atoms with Crippen molar-refractivity contribution in [1.29, 1.82) is 5.26 Å². The summed E-state index contributed by atoms with van der Waals surface area (Å²) in [5, 5.41) is 8.65. The van der Waals surface area contributed by atoms with Crippen molar-refractivity contribution in [2.75, 3.05) is 0 Å². The maximum Gasteiger partial charge on any atom is 0.242 e. The smallest absolute Gasteiger partial charge is 0.242 e. The van der Waals surface area contributed by atoms with Crippen molar-refractivity contribution in [3.05, 3.63) is 29.8 Å². The molecule has 0 radical (unpaired) electrons. The predicted octanol–water partition coefficient (Wildman–Crippen LogP) is 2.97. The molecule has 0 spiro atoms. The number of rotatable bonds is 3. The molecule has 0 aliphatic carbocycles. The van der Waals surface area contributed by atoms with E-state index in [0.29, 0.717) is 6.42 Å². The van der Waals surface area contributed by atoms with Gasteiger partial charge in [-0.3, -0.25) is 0 Å². The fourth-order valence-electron chi connectivity index (χ4n) is 1.16. The zero-order valence-corrected chi connectivity index (χ0v) is 9.87. The van der Waals surface area contributed by atoms with Gasteiger partial charge in [-0.15, -0.1) is 0 Å². The number of hydrogen-bond donors (Lipinski definition) is 0. The largest absolute Gasteiger partial charge is 0.544 e. The SMILES string of the molecule is C[Si](C)(C)Oc1ccccc1CC#N. The van der Waals surface area contributed by atoms with E-state index in [1.54, 1.807) is 0 Å². The van der Waals surface area contributed by atoms with Crippen molar-refractivity contribution in [2.24, 2.45) is 0 Å². The van der Waals surface area contributed by atoms with Gasteiger partial charge in [0.2, 0.25) is 8.32 Å². The molecule has 0 heterocycles. The van der Waals surface area contributed by atoms with Crippen molar-refractivity contribution in [3.8, 4) is 11.8 Å². The monoisotopic (exact) mass is 205 g/mol. The van der Waals surface area contributed by atoms with Gasteiger partial charge in [0.25, 0.3) is 0 Å². The standard InChI is InChI=1S/C11H15NOSi/c1-14(2,3)13-11-7-5-4-6-10(11)8-9-12/h4-7H,8H2,1-3H3. The third-order valence-electron chi connectivity index (χ3n) is 1.66. The number of benzene rings is 1. The topological polar surface area (TPSA) is 33.0 Å². The molecule has 0 N–H and O–H groups in total. The summed E-state index contributed by atoms with van der Waals surface area (Å²) in [5.74, 6) is 0.869. The highest BCUT2D eigenvalue weighted by Crippen LogP contribution is 2.21. The highest BCUT2D eigenvalue weighted by atomic mass is 28.4. The summed E-state index contributed by atoms with van der Waals surface area (Å²) in [4.78, 5) is 0. The van der Waals surface area contributed by atoms with Crippen LogP contribution in [0, 0.1) is 11.3 Å². The van der Waals surface area contributed by atoms with E-state index >= 15 is 0 Å². The summed E-state index contributed by atoms with van der Waals surface area (Å²) in [6.45, 7) is 6.41. The maximum absolute atomic E-state index is 8.65. The van der Waals surface area contributed by atoms with E-state index in [9.17, 15) is 0 Å². The van der Waals surface area contributed by atoms with E-state index in [0.717, 1.165) is 11.3 Å². The molecule has 2 nitrogen and oxygen atoms in total. The summed E-state index contributed by atoms with van der Waals surface area (Å²) in [6, 6.07) is 9.90. The maximum atomic E-state index is 8.65. The van der Waals surface area contributed by atoms with E-state index in [2.05, 4.69) is 25.7 Å². The van der Waals surface area contributed by atoms with Crippen LogP contribution in [0.3, 0.4) is 0 Å². The third kappa shape index (κ3) is 3.23. The molecule has 0 fully saturated rings. The molecule has 0 amide bonds. The summed E-state index contributed by atoms with van der Waals surface area (Å²) >= 11 is 0. The zero-order chi connectivity index (χ0) is 10.6. The average Bonchev–Trinajstić information content (AvgIpc) is 2.06. The van der Waals surface area contributed by atoms with Crippen LogP contribution >= 0.6 is 0 Å². The molecule has 0 unspecified atom stereocenters. The Morgan fingerprint density at radius 1 is 1.29 bits per heavy atom. The van der Waals surface area contributed by atoms with E-state index in [1.807, 2.05) is 24.3 Å². The Hall–Kier alpha value is -1.27. The van der Waals surface area contributed by atoms with Crippen molar-refractivity contribution < 1.29 is 4.43 Å². The van der Waals surface area contributed by atoms with E-state index in [1.165, 1.54) is 0 Å². The highest BCUT2D eigenvalue weighted by Gasteiger charge is 2.17. The zero-order valence-electron chi connectivity index (χ0n) is 8.87.